The van der Waals surface area contributed by atoms with Gasteiger partial charge in [0.1, 0.15) is 11.4 Å². The number of hydrogen-bond acceptors (Lipinski definition) is 5. The SMILES string of the molecule is COc1cncc(C(CN)NC(=O)OC(C)(C)C)c1. The van der Waals surface area contributed by atoms with Gasteiger partial charge in [-0.2, -0.15) is 0 Å². The number of nitrogens with two attached hydrogens (primary N) is 1. The lowest BCUT2D eigenvalue weighted by Gasteiger charge is -2.23. The summed E-state index contributed by atoms with van der Waals surface area (Å²) in [6.45, 7) is 5.65. The predicted molar refractivity (Wildman–Crippen MR) is 72.0 cm³/mol. The quantitative estimate of drug-likeness (QED) is 0.865. The van der Waals surface area contributed by atoms with Crippen LogP contribution in [0, 0.1) is 0 Å². The molecule has 0 bridgehead atoms. The second-order valence-corrected chi connectivity index (χ2v) is 5.09. The van der Waals surface area contributed by atoms with Crippen molar-refractivity contribution in [3.8, 4) is 5.75 Å². The van der Waals surface area contributed by atoms with Crippen molar-refractivity contribution < 1.29 is 14.3 Å². The Bertz CT molecular complexity index is 429. The lowest BCUT2D eigenvalue weighted by atomic mass is 10.1. The molecule has 6 nitrogen and oxygen atoms in total. The van der Waals surface area contributed by atoms with E-state index in [1.807, 2.05) is 0 Å². The van der Waals surface area contributed by atoms with Gasteiger partial charge in [-0.05, 0) is 32.4 Å². The Kier molecular flexibility index (Phi) is 5.11. The van der Waals surface area contributed by atoms with Gasteiger partial charge in [0.05, 0.1) is 19.3 Å². The van der Waals surface area contributed by atoms with Crippen LogP contribution in [0.3, 0.4) is 0 Å². The Labute approximate surface area is 113 Å². The Morgan fingerprint density at radius 3 is 2.68 bits per heavy atom. The van der Waals surface area contributed by atoms with E-state index < -0.39 is 11.7 Å². The lowest BCUT2D eigenvalue weighted by Crippen LogP contribution is -2.37. The van der Waals surface area contributed by atoms with Crippen LogP contribution in [0.2, 0.25) is 0 Å². The van der Waals surface area contributed by atoms with Gasteiger partial charge in [0, 0.05) is 12.7 Å². The molecule has 0 aliphatic heterocycles. The third-order valence-corrected chi connectivity index (χ3v) is 2.30. The lowest BCUT2D eigenvalue weighted by molar-refractivity contribution is 0.0505. The summed E-state index contributed by atoms with van der Waals surface area (Å²) in [5.74, 6) is 0.613. The van der Waals surface area contributed by atoms with E-state index >= 15 is 0 Å². The standard InChI is InChI=1S/C13H21N3O3/c1-13(2,3)19-12(17)16-11(6-14)9-5-10(18-4)8-15-7-9/h5,7-8,11H,6,14H2,1-4H3,(H,16,17). The minimum atomic E-state index is -0.546. The Hall–Kier alpha value is -1.82. The molecule has 106 valence electrons. The number of methoxy groups -OCH3 is 1. The summed E-state index contributed by atoms with van der Waals surface area (Å²) in [4.78, 5) is 15.7. The van der Waals surface area contributed by atoms with Gasteiger partial charge in [0.15, 0.2) is 0 Å². The molecule has 1 rings (SSSR count). The zero-order valence-corrected chi connectivity index (χ0v) is 11.8. The molecule has 1 heterocycles. The molecule has 1 atom stereocenters. The first-order valence-corrected chi connectivity index (χ1v) is 6.04. The van der Waals surface area contributed by atoms with Gasteiger partial charge in [-0.3, -0.25) is 4.98 Å². The highest BCUT2D eigenvalue weighted by atomic mass is 16.6. The van der Waals surface area contributed by atoms with E-state index in [0.29, 0.717) is 5.75 Å². The number of pyridine rings is 1. The summed E-state index contributed by atoms with van der Waals surface area (Å²) in [7, 11) is 1.56. The van der Waals surface area contributed by atoms with Crippen LogP contribution < -0.4 is 15.8 Å². The average molecular weight is 267 g/mol. The summed E-state index contributed by atoms with van der Waals surface area (Å²) in [6.07, 6.45) is 2.72. The van der Waals surface area contributed by atoms with E-state index in [1.54, 1.807) is 46.3 Å². The molecule has 0 saturated heterocycles. The monoisotopic (exact) mass is 267 g/mol. The van der Waals surface area contributed by atoms with Crippen LogP contribution in [0.1, 0.15) is 32.4 Å². The van der Waals surface area contributed by atoms with Crippen LogP contribution >= 0.6 is 0 Å². The van der Waals surface area contributed by atoms with Gasteiger partial charge < -0.3 is 20.5 Å². The minimum absolute atomic E-state index is 0.244. The van der Waals surface area contributed by atoms with E-state index in [2.05, 4.69) is 10.3 Å². The third kappa shape index (κ3) is 5.13. The molecule has 19 heavy (non-hydrogen) atoms. The number of aromatic nitrogens is 1. The number of ether oxygens (including phenoxy) is 2. The summed E-state index contributed by atoms with van der Waals surface area (Å²) in [6, 6.07) is 1.42. The number of alkyl carbamates (subject to hydrolysis) is 1. The van der Waals surface area contributed by atoms with E-state index in [1.165, 1.54) is 0 Å². The van der Waals surface area contributed by atoms with Crippen molar-refractivity contribution in [3.63, 3.8) is 0 Å². The van der Waals surface area contributed by atoms with Gasteiger partial charge in [0.2, 0.25) is 0 Å². The van der Waals surface area contributed by atoms with Crippen molar-refractivity contribution >= 4 is 6.09 Å². The summed E-state index contributed by atoms with van der Waals surface area (Å²) >= 11 is 0. The van der Waals surface area contributed by atoms with Crippen LogP contribution in [-0.4, -0.2) is 30.3 Å². The van der Waals surface area contributed by atoms with Gasteiger partial charge >= 0.3 is 6.09 Å². The van der Waals surface area contributed by atoms with Crippen molar-refractivity contribution in [2.45, 2.75) is 32.4 Å². The van der Waals surface area contributed by atoms with Crippen LogP contribution in [0.25, 0.3) is 0 Å². The highest BCUT2D eigenvalue weighted by Crippen LogP contribution is 2.17. The van der Waals surface area contributed by atoms with Crippen LogP contribution in [-0.2, 0) is 4.74 Å². The number of nitrogens with one attached hydrogen (secondary N) is 1. The molecule has 0 aromatic carbocycles. The smallest absolute Gasteiger partial charge is 0.408 e. The average Bonchev–Trinajstić information content (AvgIpc) is 2.34. The molecule has 6 heteroatoms. The fourth-order valence-electron chi connectivity index (χ4n) is 1.47. The van der Waals surface area contributed by atoms with Gasteiger partial charge in [-0.25, -0.2) is 4.79 Å². The van der Waals surface area contributed by atoms with E-state index in [0.717, 1.165) is 5.56 Å². The Morgan fingerprint density at radius 2 is 2.16 bits per heavy atom. The third-order valence-electron chi connectivity index (χ3n) is 2.30. The number of carbonyl (C=O) groups excluding carboxylic acids is 1. The molecule has 0 radical (unpaired) electrons. The van der Waals surface area contributed by atoms with Gasteiger partial charge in [-0.1, -0.05) is 0 Å². The second kappa shape index (κ2) is 6.38. The maximum absolute atomic E-state index is 11.7. The van der Waals surface area contributed by atoms with Crippen LogP contribution in [0.15, 0.2) is 18.5 Å². The van der Waals surface area contributed by atoms with Crippen LogP contribution in [0.4, 0.5) is 4.79 Å². The molecule has 0 spiro atoms. The highest BCUT2D eigenvalue weighted by molar-refractivity contribution is 5.68. The highest BCUT2D eigenvalue weighted by Gasteiger charge is 2.20. The summed E-state index contributed by atoms with van der Waals surface area (Å²) < 4.78 is 10.3. The van der Waals surface area contributed by atoms with Crippen molar-refractivity contribution in [2.24, 2.45) is 5.73 Å². The normalized spacial score (nSPS) is 12.7. The molecule has 1 aromatic heterocycles. The molecule has 0 aliphatic rings. The van der Waals surface area contributed by atoms with Gasteiger partial charge in [-0.15, -0.1) is 0 Å². The molecule has 1 aromatic rings. The molecule has 0 saturated carbocycles. The van der Waals surface area contributed by atoms with E-state index in [9.17, 15) is 4.79 Å². The summed E-state index contributed by atoms with van der Waals surface area (Å²) in [5, 5.41) is 2.71. The maximum Gasteiger partial charge on any atom is 0.408 e. The van der Waals surface area contributed by atoms with Crippen molar-refractivity contribution in [3.05, 3.63) is 24.0 Å². The number of nitrogens with zero attached hydrogens (tertiary/aromatic N) is 1. The fraction of sp³-hybridized carbons (Fsp3) is 0.538. The first-order valence-electron chi connectivity index (χ1n) is 6.04. The van der Waals surface area contributed by atoms with E-state index in [-0.39, 0.29) is 12.6 Å². The van der Waals surface area contributed by atoms with Crippen molar-refractivity contribution in [1.29, 1.82) is 0 Å². The first-order chi connectivity index (χ1) is 8.85. The van der Waals surface area contributed by atoms with E-state index in [4.69, 9.17) is 15.2 Å². The number of rotatable bonds is 4. The summed E-state index contributed by atoms with van der Waals surface area (Å²) in [5.41, 5.74) is 5.89. The largest absolute Gasteiger partial charge is 0.495 e. The Balaban J connectivity index is 2.75. The Morgan fingerprint density at radius 1 is 1.47 bits per heavy atom. The zero-order chi connectivity index (χ0) is 14.5. The number of carbonyl (C=O) groups is 1. The number of amides is 1. The number of hydrogen-bond donors (Lipinski definition) is 2. The molecule has 3 N–H and O–H groups in total. The molecule has 0 fully saturated rings. The molecular formula is C13H21N3O3. The fourth-order valence-corrected chi connectivity index (χ4v) is 1.47. The zero-order valence-electron chi connectivity index (χ0n) is 11.8. The van der Waals surface area contributed by atoms with Gasteiger partial charge in [0.25, 0.3) is 0 Å². The molecule has 1 unspecified atom stereocenters. The van der Waals surface area contributed by atoms with Crippen molar-refractivity contribution in [1.82, 2.24) is 10.3 Å². The topological polar surface area (TPSA) is 86.5 Å². The van der Waals surface area contributed by atoms with Crippen LogP contribution in [0.5, 0.6) is 5.75 Å². The second-order valence-electron chi connectivity index (χ2n) is 5.09. The molecular weight excluding hydrogens is 246 g/mol. The van der Waals surface area contributed by atoms with Crippen molar-refractivity contribution in [2.75, 3.05) is 13.7 Å². The minimum Gasteiger partial charge on any atom is -0.495 e. The molecule has 0 aliphatic carbocycles. The first kappa shape index (κ1) is 15.2. The molecule has 1 amide bonds. The predicted octanol–water partition coefficient (Wildman–Crippen LogP) is 1.61. The maximum atomic E-state index is 11.7.